The van der Waals surface area contributed by atoms with E-state index in [0.717, 1.165) is 5.56 Å². The zero-order valence-electron chi connectivity index (χ0n) is 18.7. The number of ether oxygens (including phenoxy) is 1. The van der Waals surface area contributed by atoms with Crippen molar-refractivity contribution in [1.29, 1.82) is 0 Å². The summed E-state index contributed by atoms with van der Waals surface area (Å²) in [6.45, 7) is 9.41. The third kappa shape index (κ3) is 7.44. The number of carbonyl (C=O) groups is 2. The molecule has 2 aromatic carbocycles. The van der Waals surface area contributed by atoms with E-state index in [9.17, 15) is 9.59 Å². The summed E-state index contributed by atoms with van der Waals surface area (Å²) in [5, 5.41) is 3.84. The minimum absolute atomic E-state index is 0.102. The highest BCUT2D eigenvalue weighted by Gasteiger charge is 2.31. The van der Waals surface area contributed by atoms with Gasteiger partial charge in [0, 0.05) is 27.7 Å². The van der Waals surface area contributed by atoms with Crippen molar-refractivity contribution in [3.63, 3.8) is 0 Å². The lowest BCUT2D eigenvalue weighted by Gasteiger charge is -2.33. The average molecular weight is 465 g/mol. The van der Waals surface area contributed by atoms with Crippen LogP contribution in [-0.4, -0.2) is 34.9 Å². The lowest BCUT2D eigenvalue weighted by atomic mass is 10.1. The molecule has 7 heteroatoms. The average Bonchev–Trinajstić information content (AvgIpc) is 2.67. The molecule has 5 nitrogen and oxygen atoms in total. The second-order valence-electron chi connectivity index (χ2n) is 8.49. The summed E-state index contributed by atoms with van der Waals surface area (Å²) in [5.41, 5.74) is 1.19. The molecule has 31 heavy (non-hydrogen) atoms. The summed E-state index contributed by atoms with van der Waals surface area (Å²) in [6.07, 6.45) is 0.431. The first kappa shape index (κ1) is 25.0. The van der Waals surface area contributed by atoms with Gasteiger partial charge in [-0.05, 0) is 63.9 Å². The van der Waals surface area contributed by atoms with E-state index in [1.165, 1.54) is 4.90 Å². The quantitative estimate of drug-likeness (QED) is 0.568. The zero-order valence-corrected chi connectivity index (χ0v) is 20.2. The van der Waals surface area contributed by atoms with Crippen molar-refractivity contribution >= 4 is 35.0 Å². The Bertz CT molecular complexity index is 905. The number of hydrogen-bond acceptors (Lipinski definition) is 3. The van der Waals surface area contributed by atoms with Crippen LogP contribution in [0.2, 0.25) is 10.0 Å². The maximum absolute atomic E-state index is 13.2. The Balaban J connectivity index is 2.31. The lowest BCUT2D eigenvalue weighted by Crippen LogP contribution is -2.54. The summed E-state index contributed by atoms with van der Waals surface area (Å²) in [4.78, 5) is 27.7. The third-order valence-corrected chi connectivity index (χ3v) is 5.33. The summed E-state index contributed by atoms with van der Waals surface area (Å²) < 4.78 is 5.71. The highest BCUT2D eigenvalue weighted by atomic mass is 35.5. The van der Waals surface area contributed by atoms with Gasteiger partial charge in [0.1, 0.15) is 11.8 Å². The van der Waals surface area contributed by atoms with Gasteiger partial charge in [-0.25, -0.2) is 0 Å². The van der Waals surface area contributed by atoms with E-state index < -0.39 is 11.6 Å². The molecule has 168 valence electrons. The monoisotopic (exact) mass is 464 g/mol. The molecule has 0 aliphatic heterocycles. The van der Waals surface area contributed by atoms with Gasteiger partial charge in [0.05, 0.1) is 0 Å². The van der Waals surface area contributed by atoms with E-state index in [1.807, 2.05) is 52.8 Å². The van der Waals surface area contributed by atoms with Gasteiger partial charge in [0.15, 0.2) is 6.61 Å². The van der Waals surface area contributed by atoms with Crippen LogP contribution in [0, 0.1) is 6.92 Å². The maximum Gasteiger partial charge on any atom is 0.261 e. The SMILES string of the molecule is CC[C@@H](C(=O)NC(C)(C)C)N(Cc1c(Cl)cccc1Cl)C(=O)COc1cccc(C)c1. The number of benzene rings is 2. The van der Waals surface area contributed by atoms with Gasteiger partial charge in [-0.1, -0.05) is 48.3 Å². The number of nitrogens with one attached hydrogen (secondary N) is 1. The molecule has 1 N–H and O–H groups in total. The standard InChI is InChI=1S/C24H30Cl2N2O3/c1-6-21(23(30)27-24(3,4)5)28(14-18-19(25)11-8-12-20(18)26)22(29)15-31-17-10-7-9-16(2)13-17/h7-13,21H,6,14-15H2,1-5H3,(H,27,30)/t21-/m0/s1. The largest absolute Gasteiger partial charge is 0.484 e. The smallest absolute Gasteiger partial charge is 0.261 e. The van der Waals surface area contributed by atoms with Crippen LogP contribution in [0.3, 0.4) is 0 Å². The first-order chi connectivity index (χ1) is 14.5. The Labute approximate surface area is 194 Å². The van der Waals surface area contributed by atoms with E-state index >= 15 is 0 Å². The Morgan fingerprint density at radius 2 is 1.71 bits per heavy atom. The molecule has 2 aromatic rings. The van der Waals surface area contributed by atoms with E-state index in [0.29, 0.717) is 27.8 Å². The van der Waals surface area contributed by atoms with Crippen molar-refractivity contribution in [2.75, 3.05) is 6.61 Å². The predicted octanol–water partition coefficient (Wildman–Crippen LogP) is 5.40. The molecule has 0 unspecified atom stereocenters. The van der Waals surface area contributed by atoms with Crippen LogP contribution in [0.15, 0.2) is 42.5 Å². The van der Waals surface area contributed by atoms with E-state index in [2.05, 4.69) is 5.32 Å². The maximum atomic E-state index is 13.2. The molecule has 0 heterocycles. The molecule has 0 bridgehead atoms. The molecule has 0 spiro atoms. The van der Waals surface area contributed by atoms with Crippen molar-refractivity contribution in [3.05, 3.63) is 63.6 Å². The van der Waals surface area contributed by atoms with Crippen LogP contribution in [0.25, 0.3) is 0 Å². The Kier molecular flexibility index (Phi) is 8.78. The van der Waals surface area contributed by atoms with Crippen LogP contribution in [0.1, 0.15) is 45.2 Å². The van der Waals surface area contributed by atoms with E-state index in [4.69, 9.17) is 27.9 Å². The zero-order chi connectivity index (χ0) is 23.2. The number of hydrogen-bond donors (Lipinski definition) is 1. The summed E-state index contributed by atoms with van der Waals surface area (Å²) >= 11 is 12.7. The molecule has 2 rings (SSSR count). The highest BCUT2D eigenvalue weighted by Crippen LogP contribution is 2.27. The van der Waals surface area contributed by atoms with Crippen LogP contribution in [0.5, 0.6) is 5.75 Å². The number of halogens is 2. The molecule has 0 saturated carbocycles. The highest BCUT2D eigenvalue weighted by molar-refractivity contribution is 6.36. The molecule has 0 saturated heterocycles. The molecule has 2 amide bonds. The van der Waals surface area contributed by atoms with Crippen LogP contribution in [0.4, 0.5) is 0 Å². The van der Waals surface area contributed by atoms with Gasteiger partial charge in [-0.15, -0.1) is 0 Å². The minimum Gasteiger partial charge on any atom is -0.484 e. The van der Waals surface area contributed by atoms with Gasteiger partial charge in [0.25, 0.3) is 5.91 Å². The van der Waals surface area contributed by atoms with Crippen LogP contribution < -0.4 is 10.1 Å². The fourth-order valence-corrected chi connectivity index (χ4v) is 3.68. The molecular weight excluding hydrogens is 435 g/mol. The fraction of sp³-hybridized carbons (Fsp3) is 0.417. The van der Waals surface area contributed by atoms with Crippen molar-refractivity contribution in [2.24, 2.45) is 0 Å². The third-order valence-electron chi connectivity index (χ3n) is 4.63. The Morgan fingerprint density at radius 3 is 2.26 bits per heavy atom. The molecular formula is C24H30Cl2N2O3. The number of carbonyl (C=O) groups excluding carboxylic acids is 2. The first-order valence-electron chi connectivity index (χ1n) is 10.3. The molecule has 0 aliphatic carbocycles. The first-order valence-corrected chi connectivity index (χ1v) is 11.0. The van der Waals surface area contributed by atoms with Crippen molar-refractivity contribution < 1.29 is 14.3 Å². The Morgan fingerprint density at radius 1 is 1.10 bits per heavy atom. The molecule has 0 aromatic heterocycles. The number of aryl methyl sites for hydroxylation is 1. The van der Waals surface area contributed by atoms with Crippen LogP contribution >= 0.6 is 23.2 Å². The topological polar surface area (TPSA) is 58.6 Å². The van der Waals surface area contributed by atoms with Crippen molar-refractivity contribution in [2.45, 2.75) is 59.2 Å². The number of nitrogens with zero attached hydrogens (tertiary/aromatic N) is 1. The number of amides is 2. The Hall–Kier alpha value is -2.24. The van der Waals surface area contributed by atoms with Gasteiger partial charge in [0.2, 0.25) is 5.91 Å². The van der Waals surface area contributed by atoms with Crippen LogP contribution in [-0.2, 0) is 16.1 Å². The van der Waals surface area contributed by atoms with E-state index in [-0.39, 0.29) is 25.0 Å². The normalized spacial score (nSPS) is 12.2. The summed E-state index contributed by atoms with van der Waals surface area (Å²) in [7, 11) is 0. The van der Waals surface area contributed by atoms with Crippen molar-refractivity contribution in [1.82, 2.24) is 10.2 Å². The van der Waals surface area contributed by atoms with Crippen molar-refractivity contribution in [3.8, 4) is 5.75 Å². The summed E-state index contributed by atoms with van der Waals surface area (Å²) in [6, 6.07) is 11.9. The molecule has 0 radical (unpaired) electrons. The molecule has 0 aliphatic rings. The fourth-order valence-electron chi connectivity index (χ4n) is 3.16. The predicted molar refractivity (Wildman–Crippen MR) is 126 cm³/mol. The van der Waals surface area contributed by atoms with Gasteiger partial charge < -0.3 is 15.0 Å². The lowest BCUT2D eigenvalue weighted by molar-refractivity contribution is -0.143. The van der Waals surface area contributed by atoms with Gasteiger partial charge in [-0.3, -0.25) is 9.59 Å². The molecule has 0 fully saturated rings. The second-order valence-corrected chi connectivity index (χ2v) is 9.30. The molecule has 1 atom stereocenters. The van der Waals surface area contributed by atoms with Gasteiger partial charge in [-0.2, -0.15) is 0 Å². The number of rotatable bonds is 8. The van der Waals surface area contributed by atoms with Gasteiger partial charge >= 0.3 is 0 Å². The minimum atomic E-state index is -0.694. The van der Waals surface area contributed by atoms with E-state index in [1.54, 1.807) is 24.3 Å². The second kappa shape index (κ2) is 10.9. The summed E-state index contributed by atoms with van der Waals surface area (Å²) in [5.74, 6) is 0.0340.